The highest BCUT2D eigenvalue weighted by Gasteiger charge is 1.87. The molecule has 1 heterocycles. The Morgan fingerprint density at radius 3 is 3.17 bits per heavy atom. The molecular formula is C10H14N2. The molecule has 0 unspecified atom stereocenters. The van der Waals surface area contributed by atoms with Crippen LogP contribution in [0, 0.1) is 0 Å². The number of hydrogen-bond acceptors (Lipinski definition) is 2. The maximum Gasteiger partial charge on any atom is 0.0299 e. The summed E-state index contributed by atoms with van der Waals surface area (Å²) in [5, 5.41) is 2.96. The molecule has 0 aromatic carbocycles. The van der Waals surface area contributed by atoms with Gasteiger partial charge in [0.25, 0.3) is 0 Å². The number of hydrogen-bond donors (Lipinski definition) is 1. The van der Waals surface area contributed by atoms with Gasteiger partial charge in [-0.25, -0.2) is 0 Å². The Kier molecular flexibility index (Phi) is 3.92. The molecule has 1 rings (SSSR count). The van der Waals surface area contributed by atoms with Crippen molar-refractivity contribution < 1.29 is 0 Å². The van der Waals surface area contributed by atoms with Crippen LogP contribution in [0.1, 0.15) is 12.0 Å². The van der Waals surface area contributed by atoms with Gasteiger partial charge in [-0.1, -0.05) is 12.1 Å². The molecule has 0 bridgehead atoms. The molecule has 2 heteroatoms. The van der Waals surface area contributed by atoms with Crippen LogP contribution in [0.3, 0.4) is 0 Å². The molecule has 1 aromatic heterocycles. The van der Waals surface area contributed by atoms with E-state index in [-0.39, 0.29) is 0 Å². The highest BCUT2D eigenvalue weighted by Crippen LogP contribution is 2.00. The Bertz CT molecular complexity index is 229. The number of pyridine rings is 1. The highest BCUT2D eigenvalue weighted by atomic mass is 14.8. The van der Waals surface area contributed by atoms with Crippen LogP contribution >= 0.6 is 0 Å². The molecule has 0 amide bonds. The number of aryl methyl sites for hydroxylation is 1. The summed E-state index contributed by atoms with van der Waals surface area (Å²) in [5.74, 6) is 0. The van der Waals surface area contributed by atoms with Gasteiger partial charge in [0, 0.05) is 19.4 Å². The summed E-state index contributed by atoms with van der Waals surface area (Å²) in [4.78, 5) is 4.04. The van der Waals surface area contributed by atoms with E-state index in [1.807, 2.05) is 25.5 Å². The lowest BCUT2D eigenvalue weighted by Crippen LogP contribution is -1.91. The van der Waals surface area contributed by atoms with Crippen molar-refractivity contribution >= 4 is 0 Å². The van der Waals surface area contributed by atoms with E-state index in [1.54, 1.807) is 6.20 Å². The number of allylic oxidation sites excluding steroid dienone is 1. The summed E-state index contributed by atoms with van der Waals surface area (Å²) in [6.45, 7) is 0. The first kappa shape index (κ1) is 8.78. The van der Waals surface area contributed by atoms with Gasteiger partial charge >= 0.3 is 0 Å². The molecule has 0 atom stereocenters. The van der Waals surface area contributed by atoms with E-state index in [2.05, 4.69) is 22.4 Å². The molecule has 0 aliphatic heterocycles. The van der Waals surface area contributed by atoms with Gasteiger partial charge in [-0.15, -0.1) is 0 Å². The SMILES string of the molecule is CN/C=C/CCc1cccnc1. The van der Waals surface area contributed by atoms with E-state index in [4.69, 9.17) is 0 Å². The molecule has 12 heavy (non-hydrogen) atoms. The maximum absolute atomic E-state index is 4.04. The predicted octanol–water partition coefficient (Wildman–Crippen LogP) is 1.75. The van der Waals surface area contributed by atoms with Gasteiger partial charge in [0.15, 0.2) is 0 Å². The summed E-state index contributed by atoms with van der Waals surface area (Å²) < 4.78 is 0. The van der Waals surface area contributed by atoms with Crippen LogP contribution < -0.4 is 5.32 Å². The molecule has 0 aliphatic rings. The van der Waals surface area contributed by atoms with E-state index in [9.17, 15) is 0 Å². The maximum atomic E-state index is 4.04. The molecule has 0 aliphatic carbocycles. The van der Waals surface area contributed by atoms with Gasteiger partial charge in [0.2, 0.25) is 0 Å². The minimum atomic E-state index is 1.06. The van der Waals surface area contributed by atoms with Gasteiger partial charge in [-0.2, -0.15) is 0 Å². The predicted molar refractivity (Wildman–Crippen MR) is 50.8 cm³/mol. The van der Waals surface area contributed by atoms with Crippen molar-refractivity contribution in [3.8, 4) is 0 Å². The summed E-state index contributed by atoms with van der Waals surface area (Å²) >= 11 is 0. The minimum Gasteiger partial charge on any atom is -0.394 e. The summed E-state index contributed by atoms with van der Waals surface area (Å²) in [7, 11) is 1.90. The van der Waals surface area contributed by atoms with E-state index in [0.717, 1.165) is 12.8 Å². The smallest absolute Gasteiger partial charge is 0.0299 e. The summed E-state index contributed by atoms with van der Waals surface area (Å²) in [5.41, 5.74) is 1.29. The van der Waals surface area contributed by atoms with Crippen LogP contribution in [0.5, 0.6) is 0 Å². The van der Waals surface area contributed by atoms with Crippen LogP contribution in [0.25, 0.3) is 0 Å². The molecule has 1 N–H and O–H groups in total. The third-order valence-electron chi connectivity index (χ3n) is 1.61. The molecule has 0 saturated heterocycles. The Labute approximate surface area is 73.3 Å². The van der Waals surface area contributed by atoms with Crippen molar-refractivity contribution in [1.29, 1.82) is 0 Å². The zero-order chi connectivity index (χ0) is 8.65. The first-order chi connectivity index (χ1) is 5.93. The molecule has 0 spiro atoms. The zero-order valence-corrected chi connectivity index (χ0v) is 7.33. The van der Waals surface area contributed by atoms with Crippen molar-refractivity contribution in [2.75, 3.05) is 7.05 Å². The average molecular weight is 162 g/mol. The summed E-state index contributed by atoms with van der Waals surface area (Å²) in [6.07, 6.45) is 9.90. The van der Waals surface area contributed by atoms with Gasteiger partial charge in [-0.05, 0) is 30.7 Å². The Morgan fingerprint density at radius 2 is 2.50 bits per heavy atom. The van der Waals surface area contributed by atoms with Gasteiger partial charge in [0.1, 0.15) is 0 Å². The lowest BCUT2D eigenvalue weighted by molar-refractivity contribution is 0.969. The largest absolute Gasteiger partial charge is 0.394 e. The second-order valence-electron chi connectivity index (χ2n) is 2.59. The monoisotopic (exact) mass is 162 g/mol. The fourth-order valence-electron chi connectivity index (χ4n) is 0.997. The third-order valence-corrected chi connectivity index (χ3v) is 1.61. The van der Waals surface area contributed by atoms with E-state index in [0.29, 0.717) is 0 Å². The molecule has 0 radical (unpaired) electrons. The fraction of sp³-hybridized carbons (Fsp3) is 0.300. The topological polar surface area (TPSA) is 24.9 Å². The number of nitrogens with zero attached hydrogens (tertiary/aromatic N) is 1. The average Bonchev–Trinajstić information content (AvgIpc) is 2.14. The second-order valence-corrected chi connectivity index (χ2v) is 2.59. The standard InChI is InChI=1S/C10H14N2/c1-11-7-3-2-5-10-6-4-8-12-9-10/h3-4,6-9,11H,2,5H2,1H3/b7-3+. The molecule has 2 nitrogen and oxygen atoms in total. The fourth-order valence-corrected chi connectivity index (χ4v) is 0.997. The molecule has 0 saturated carbocycles. The lowest BCUT2D eigenvalue weighted by atomic mass is 10.1. The van der Waals surface area contributed by atoms with Crippen LogP contribution in [-0.4, -0.2) is 12.0 Å². The van der Waals surface area contributed by atoms with E-state index >= 15 is 0 Å². The number of nitrogens with one attached hydrogen (secondary N) is 1. The number of aromatic nitrogens is 1. The Morgan fingerprint density at radius 1 is 1.58 bits per heavy atom. The first-order valence-electron chi connectivity index (χ1n) is 4.14. The Balaban J connectivity index is 2.29. The van der Waals surface area contributed by atoms with Crippen LogP contribution in [0.2, 0.25) is 0 Å². The molecule has 0 fully saturated rings. The van der Waals surface area contributed by atoms with Crippen molar-refractivity contribution in [3.05, 3.63) is 42.4 Å². The van der Waals surface area contributed by atoms with Crippen molar-refractivity contribution in [3.63, 3.8) is 0 Å². The van der Waals surface area contributed by atoms with Gasteiger partial charge in [-0.3, -0.25) is 4.98 Å². The second kappa shape index (κ2) is 5.35. The Hall–Kier alpha value is -1.31. The van der Waals surface area contributed by atoms with Gasteiger partial charge in [0.05, 0.1) is 0 Å². The minimum absolute atomic E-state index is 1.06. The van der Waals surface area contributed by atoms with Crippen LogP contribution in [0.4, 0.5) is 0 Å². The van der Waals surface area contributed by atoms with E-state index in [1.165, 1.54) is 5.56 Å². The van der Waals surface area contributed by atoms with Crippen LogP contribution in [-0.2, 0) is 6.42 Å². The van der Waals surface area contributed by atoms with Crippen molar-refractivity contribution in [1.82, 2.24) is 10.3 Å². The molecular weight excluding hydrogens is 148 g/mol. The van der Waals surface area contributed by atoms with Crippen LogP contribution in [0.15, 0.2) is 36.8 Å². The third kappa shape index (κ3) is 3.19. The first-order valence-corrected chi connectivity index (χ1v) is 4.14. The lowest BCUT2D eigenvalue weighted by Gasteiger charge is -1.95. The summed E-state index contributed by atoms with van der Waals surface area (Å²) in [6, 6.07) is 4.07. The zero-order valence-electron chi connectivity index (χ0n) is 7.33. The van der Waals surface area contributed by atoms with Gasteiger partial charge < -0.3 is 5.32 Å². The molecule has 64 valence electrons. The van der Waals surface area contributed by atoms with Crippen molar-refractivity contribution in [2.24, 2.45) is 0 Å². The highest BCUT2D eigenvalue weighted by molar-refractivity contribution is 5.09. The quantitative estimate of drug-likeness (QED) is 0.729. The number of rotatable bonds is 4. The normalized spacial score (nSPS) is 10.4. The van der Waals surface area contributed by atoms with Crippen molar-refractivity contribution in [2.45, 2.75) is 12.8 Å². The van der Waals surface area contributed by atoms with E-state index < -0.39 is 0 Å². The molecule has 1 aromatic rings.